The van der Waals surface area contributed by atoms with Gasteiger partial charge in [-0.3, -0.25) is 0 Å². The fourth-order valence-corrected chi connectivity index (χ4v) is 7.55. The Morgan fingerprint density at radius 1 is 1.15 bits per heavy atom. The van der Waals surface area contributed by atoms with Crippen LogP contribution in [0, 0.1) is 17.8 Å². The number of alkyl halides is 3. The number of thiophene rings is 1. The van der Waals surface area contributed by atoms with Gasteiger partial charge >= 0.3 is 6.18 Å². The van der Waals surface area contributed by atoms with E-state index < -0.39 is 19.7 Å². The number of halogens is 3. The molecule has 0 aliphatic carbocycles. The second-order valence-electron chi connectivity index (χ2n) is 10.7. The number of rotatable bonds is 7. The molecule has 1 unspecified atom stereocenters. The van der Waals surface area contributed by atoms with Gasteiger partial charge < -0.3 is 24.8 Å². The van der Waals surface area contributed by atoms with E-state index in [9.17, 15) is 17.7 Å². The summed E-state index contributed by atoms with van der Waals surface area (Å²) in [4.78, 5) is 2.89. The average Bonchev–Trinajstić information content (AvgIpc) is 3.23. The zero-order valence-corrected chi connectivity index (χ0v) is 24.0. The number of nitrogens with one attached hydrogen (secondary N) is 2. The van der Waals surface area contributed by atoms with E-state index in [1.165, 1.54) is 18.4 Å². The number of piperidine rings is 3. The quantitative estimate of drug-likeness (QED) is 0.258. The normalized spacial score (nSPS) is 20.9. The molecule has 2 aromatic carbocycles. The first-order valence-corrected chi connectivity index (χ1v) is 16.5. The molecule has 208 valence electrons. The Morgan fingerprint density at radius 3 is 2.56 bits per heavy atom. The van der Waals surface area contributed by atoms with Crippen molar-refractivity contribution in [3.63, 3.8) is 0 Å². The molecule has 10 heteroatoms. The van der Waals surface area contributed by atoms with Crippen LogP contribution in [-0.2, 0) is 11.0 Å². The van der Waals surface area contributed by atoms with Crippen molar-refractivity contribution in [3.05, 3.63) is 46.8 Å². The second kappa shape index (κ2) is 11.1. The molecule has 3 aliphatic rings. The molecule has 3 fully saturated rings. The number of benzene rings is 2. The van der Waals surface area contributed by atoms with E-state index in [2.05, 4.69) is 27.4 Å². The maximum atomic E-state index is 13.6. The first-order chi connectivity index (χ1) is 18.5. The van der Waals surface area contributed by atoms with Crippen LogP contribution in [0.25, 0.3) is 10.1 Å². The lowest BCUT2D eigenvalue weighted by Crippen LogP contribution is -2.53. The highest BCUT2D eigenvalue weighted by Gasteiger charge is 2.35. The largest absolute Gasteiger partial charge is 0.495 e. The third kappa shape index (κ3) is 6.40. The van der Waals surface area contributed by atoms with Crippen LogP contribution in [0.1, 0.15) is 23.3 Å². The van der Waals surface area contributed by atoms with Crippen LogP contribution in [-0.4, -0.2) is 63.7 Å². The van der Waals surface area contributed by atoms with E-state index in [0.717, 1.165) is 42.9 Å². The van der Waals surface area contributed by atoms with Crippen LogP contribution in [0.2, 0.25) is 0 Å². The molecule has 2 N–H and O–H groups in total. The Balaban J connectivity index is 1.40. The molecule has 2 bridgehead atoms. The Kier molecular flexibility index (Phi) is 7.92. The summed E-state index contributed by atoms with van der Waals surface area (Å²) in [5, 5.41) is 8.16. The number of nitrogens with zero attached hydrogens (tertiary/aromatic N) is 1. The van der Waals surface area contributed by atoms with Crippen LogP contribution in [0.15, 0.2) is 36.4 Å². The summed E-state index contributed by atoms with van der Waals surface area (Å²) < 4.78 is 59.5. The van der Waals surface area contributed by atoms with Gasteiger partial charge in [-0.15, -0.1) is 11.3 Å². The summed E-state index contributed by atoms with van der Waals surface area (Å²) in [5.41, 5.74) is 1.80. The van der Waals surface area contributed by atoms with Crippen LogP contribution < -0.4 is 20.7 Å². The van der Waals surface area contributed by atoms with Gasteiger partial charge in [-0.2, -0.15) is 13.2 Å². The summed E-state index contributed by atoms with van der Waals surface area (Å²) in [6.45, 7) is 6.84. The first kappa shape index (κ1) is 27.9. The van der Waals surface area contributed by atoms with E-state index in [-0.39, 0.29) is 12.1 Å². The van der Waals surface area contributed by atoms with Crippen molar-refractivity contribution >= 4 is 45.2 Å². The van der Waals surface area contributed by atoms with E-state index in [4.69, 9.17) is 4.74 Å². The van der Waals surface area contributed by atoms with Gasteiger partial charge in [0.05, 0.1) is 41.0 Å². The lowest BCUT2D eigenvalue weighted by atomic mass is 9.84. The lowest BCUT2D eigenvalue weighted by Gasteiger charge is -2.45. The highest BCUT2D eigenvalue weighted by atomic mass is 32.1. The summed E-state index contributed by atoms with van der Waals surface area (Å²) in [6, 6.07) is 11.2. The molecule has 39 heavy (non-hydrogen) atoms. The number of hydrogen-bond donors (Lipinski definition) is 2. The molecule has 3 aliphatic heterocycles. The second-order valence-corrected chi connectivity index (χ2v) is 14.9. The Labute approximate surface area is 231 Å². The Morgan fingerprint density at radius 2 is 1.92 bits per heavy atom. The number of methoxy groups -OCH3 is 1. The molecule has 0 radical (unpaired) electrons. The third-order valence-electron chi connectivity index (χ3n) is 7.57. The van der Waals surface area contributed by atoms with Crippen molar-refractivity contribution in [2.75, 3.05) is 57.3 Å². The van der Waals surface area contributed by atoms with Crippen LogP contribution in [0.5, 0.6) is 5.75 Å². The van der Waals surface area contributed by atoms with Crippen molar-refractivity contribution in [2.45, 2.75) is 31.5 Å². The van der Waals surface area contributed by atoms with Gasteiger partial charge in [-0.1, -0.05) is 24.0 Å². The lowest BCUT2D eigenvalue weighted by molar-refractivity contribution is -0.126. The number of hydrogen-bond acceptors (Lipinski definition) is 6. The minimum absolute atomic E-state index is 0.218. The predicted octanol–water partition coefficient (Wildman–Crippen LogP) is 6.23. The van der Waals surface area contributed by atoms with Crippen molar-refractivity contribution in [3.8, 4) is 17.6 Å². The standard InChI is InChI=1S/C29H33F3N3O2PS/c1-37-26-16-20(38(2,3)36)9-10-23(26)33-13-5-8-27-22(17-29(30,31)32)21-6-4-7-24(28(21)39-27)34-25-18-35-14-11-19(25)12-15-35/h4,6-7,9-10,16,19,25,33-34H,11-15,17-18H2,1-3H3. The summed E-state index contributed by atoms with van der Waals surface area (Å²) in [6.07, 6.45) is -3.04. The molecular weight excluding hydrogens is 542 g/mol. The molecule has 1 atom stereocenters. The fourth-order valence-electron chi connectivity index (χ4n) is 5.51. The van der Waals surface area contributed by atoms with Crippen LogP contribution >= 0.6 is 18.5 Å². The molecule has 5 nitrogen and oxygen atoms in total. The molecule has 0 spiro atoms. The summed E-state index contributed by atoms with van der Waals surface area (Å²) in [7, 11) is -0.905. The minimum Gasteiger partial charge on any atom is -0.495 e. The SMILES string of the molecule is COc1cc(P(C)(C)=O)ccc1NCC#Cc1sc2c(NC3CN4CCC3CC4)cccc2c1CC(F)(F)F. The molecule has 3 aromatic rings. The van der Waals surface area contributed by atoms with E-state index in [1.54, 1.807) is 37.6 Å². The van der Waals surface area contributed by atoms with E-state index >= 15 is 0 Å². The van der Waals surface area contributed by atoms with Gasteiger partial charge in [-0.25, -0.2) is 0 Å². The maximum Gasteiger partial charge on any atom is 0.393 e. The number of ether oxygens (including phenoxy) is 1. The number of fused-ring (bicyclic) bond motifs is 4. The monoisotopic (exact) mass is 575 g/mol. The molecule has 4 heterocycles. The van der Waals surface area contributed by atoms with Crippen LogP contribution in [0.4, 0.5) is 24.5 Å². The van der Waals surface area contributed by atoms with Crippen molar-refractivity contribution < 1.29 is 22.5 Å². The molecule has 3 saturated heterocycles. The highest BCUT2D eigenvalue weighted by Crippen LogP contribution is 2.41. The minimum atomic E-state index is -4.34. The van der Waals surface area contributed by atoms with Crippen LogP contribution in [0.3, 0.4) is 0 Å². The predicted molar refractivity (Wildman–Crippen MR) is 156 cm³/mol. The fraction of sp³-hybridized carbons (Fsp3) is 0.448. The third-order valence-corrected chi connectivity index (χ3v) is 10.3. The van der Waals surface area contributed by atoms with Gasteiger partial charge in [0.2, 0.25) is 0 Å². The number of anilines is 2. The molecule has 6 rings (SSSR count). The topological polar surface area (TPSA) is 53.6 Å². The summed E-state index contributed by atoms with van der Waals surface area (Å²) in [5.74, 6) is 7.15. The van der Waals surface area contributed by atoms with Gasteiger partial charge in [0.1, 0.15) is 12.9 Å². The summed E-state index contributed by atoms with van der Waals surface area (Å²) >= 11 is 1.33. The zero-order valence-electron chi connectivity index (χ0n) is 22.3. The first-order valence-electron chi connectivity index (χ1n) is 13.1. The van der Waals surface area contributed by atoms with E-state index in [1.807, 2.05) is 12.1 Å². The Hall–Kier alpha value is -2.66. The average molecular weight is 576 g/mol. The Bertz CT molecular complexity index is 1460. The van der Waals surface area contributed by atoms with Gasteiger partial charge in [0, 0.05) is 17.9 Å². The van der Waals surface area contributed by atoms with Crippen molar-refractivity contribution in [1.82, 2.24) is 4.90 Å². The van der Waals surface area contributed by atoms with E-state index in [0.29, 0.717) is 39.0 Å². The smallest absolute Gasteiger partial charge is 0.393 e. The molecule has 0 amide bonds. The van der Waals surface area contributed by atoms with Gasteiger partial charge in [-0.05, 0) is 80.4 Å². The van der Waals surface area contributed by atoms with Gasteiger partial charge in [0.25, 0.3) is 0 Å². The zero-order chi connectivity index (χ0) is 27.8. The van der Waals surface area contributed by atoms with Crippen molar-refractivity contribution in [1.29, 1.82) is 0 Å². The van der Waals surface area contributed by atoms with Gasteiger partial charge in [0.15, 0.2) is 0 Å². The van der Waals surface area contributed by atoms with Crippen molar-refractivity contribution in [2.24, 2.45) is 5.92 Å². The highest BCUT2D eigenvalue weighted by molar-refractivity contribution is 7.70. The molecule has 0 saturated carbocycles. The maximum absolute atomic E-state index is 13.6. The molecular formula is C29H33F3N3O2PS. The molecule has 1 aromatic heterocycles.